The van der Waals surface area contributed by atoms with Crippen molar-refractivity contribution >= 4 is 22.6 Å². The van der Waals surface area contributed by atoms with Crippen molar-refractivity contribution in [3.63, 3.8) is 0 Å². The minimum absolute atomic E-state index is 0.265. The molecule has 0 spiro atoms. The topological polar surface area (TPSA) is 66.5 Å². The van der Waals surface area contributed by atoms with Crippen molar-refractivity contribution in [3.8, 4) is 0 Å². The van der Waals surface area contributed by atoms with Crippen LogP contribution in [-0.4, -0.2) is 42.0 Å². The van der Waals surface area contributed by atoms with E-state index in [9.17, 15) is 9.50 Å². The molecule has 144 valence electrons. The van der Waals surface area contributed by atoms with Crippen molar-refractivity contribution in [2.45, 2.75) is 18.7 Å². The van der Waals surface area contributed by atoms with E-state index in [0.29, 0.717) is 23.2 Å². The Hall–Kier alpha value is -2.71. The van der Waals surface area contributed by atoms with E-state index in [1.807, 2.05) is 22.9 Å². The van der Waals surface area contributed by atoms with Gasteiger partial charge in [0.2, 0.25) is 0 Å². The molecule has 0 saturated carbocycles. The average molecular weight is 397 g/mol. The third kappa shape index (κ3) is 3.79. The molecule has 4 rings (SSSR count). The monoisotopic (exact) mass is 397 g/mol. The number of aromatic nitrogens is 3. The number of hydrogen-bond donors (Lipinski definition) is 1. The quantitative estimate of drug-likeness (QED) is 0.691. The maximum atomic E-state index is 14.5. The minimum atomic E-state index is -1.45. The Morgan fingerprint density at radius 1 is 1.14 bits per heavy atom. The summed E-state index contributed by atoms with van der Waals surface area (Å²) in [4.78, 5) is 14.6. The van der Waals surface area contributed by atoms with Crippen molar-refractivity contribution in [3.05, 3.63) is 78.9 Å². The molecule has 1 N–H and O–H groups in total. The van der Waals surface area contributed by atoms with Crippen LogP contribution in [-0.2, 0) is 12.3 Å². The number of aliphatic hydroxyl groups is 1. The molecule has 3 aromatic rings. The average Bonchev–Trinajstić information content (AvgIpc) is 3.33. The molecule has 1 unspecified atom stereocenters. The van der Waals surface area contributed by atoms with Crippen LogP contribution in [0, 0.1) is 5.82 Å². The summed E-state index contributed by atoms with van der Waals surface area (Å²) in [6.07, 6.45) is 9.48. The molecule has 1 fully saturated rings. The number of aliphatic imine (C=N–C) groups is 1. The first kappa shape index (κ1) is 18.6. The highest BCUT2D eigenvalue weighted by Crippen LogP contribution is 2.40. The fourth-order valence-electron chi connectivity index (χ4n) is 3.22. The van der Waals surface area contributed by atoms with Gasteiger partial charge < -0.3 is 14.6 Å². The fraction of sp³-hybridized carbons (Fsp3) is 0.250. The molecule has 1 saturated heterocycles. The van der Waals surface area contributed by atoms with Gasteiger partial charge in [-0.2, -0.15) is 0 Å². The van der Waals surface area contributed by atoms with Gasteiger partial charge >= 0.3 is 0 Å². The second-order valence-corrected chi connectivity index (χ2v) is 7.44. The molecular formula is C20H20FN5OS. The molecular weight excluding hydrogens is 377 g/mol. The van der Waals surface area contributed by atoms with Crippen molar-refractivity contribution in [1.82, 2.24) is 19.4 Å². The Labute approximate surface area is 166 Å². The van der Waals surface area contributed by atoms with Gasteiger partial charge in [0.15, 0.2) is 10.9 Å². The Balaban J connectivity index is 1.63. The number of pyridine rings is 1. The predicted molar refractivity (Wildman–Crippen MR) is 108 cm³/mol. The maximum Gasteiger partial charge on any atom is 0.178 e. The number of thioether (sulfide) groups is 1. The highest BCUT2D eigenvalue weighted by atomic mass is 32.2. The Bertz CT molecular complexity index is 950. The van der Waals surface area contributed by atoms with E-state index in [2.05, 4.69) is 15.0 Å². The maximum absolute atomic E-state index is 14.5. The Kier molecular flexibility index (Phi) is 5.40. The Morgan fingerprint density at radius 2 is 2.04 bits per heavy atom. The van der Waals surface area contributed by atoms with E-state index < -0.39 is 11.5 Å². The van der Waals surface area contributed by atoms with E-state index in [4.69, 9.17) is 0 Å². The van der Waals surface area contributed by atoms with Crippen LogP contribution < -0.4 is 0 Å². The number of aryl methyl sites for hydroxylation is 1. The van der Waals surface area contributed by atoms with Crippen LogP contribution in [0.4, 0.5) is 10.1 Å². The van der Waals surface area contributed by atoms with Crippen molar-refractivity contribution in [2.24, 2.45) is 4.99 Å². The highest BCUT2D eigenvalue weighted by molar-refractivity contribution is 8.14. The van der Waals surface area contributed by atoms with Crippen molar-refractivity contribution in [1.29, 1.82) is 0 Å². The van der Waals surface area contributed by atoms with E-state index in [1.165, 1.54) is 17.8 Å². The lowest BCUT2D eigenvalue weighted by molar-refractivity contribution is -0.0511. The number of hydrogen-bond acceptors (Lipinski definition) is 5. The molecule has 0 amide bonds. The summed E-state index contributed by atoms with van der Waals surface area (Å²) in [5, 5.41) is 12.1. The van der Waals surface area contributed by atoms with Crippen molar-refractivity contribution in [2.75, 3.05) is 12.3 Å². The van der Waals surface area contributed by atoms with Gasteiger partial charge in [0, 0.05) is 37.2 Å². The zero-order valence-corrected chi connectivity index (χ0v) is 16.0. The molecule has 6 nitrogen and oxygen atoms in total. The summed E-state index contributed by atoms with van der Waals surface area (Å²) in [7, 11) is 0. The lowest BCUT2D eigenvalue weighted by Gasteiger charge is -2.34. The normalized spacial score (nSPS) is 20.8. The molecule has 8 heteroatoms. The molecule has 0 aliphatic carbocycles. The number of amidine groups is 1. The number of nitrogens with zero attached hydrogens (tertiary/aromatic N) is 5. The van der Waals surface area contributed by atoms with Gasteiger partial charge in [0.1, 0.15) is 5.82 Å². The first-order valence-electron chi connectivity index (χ1n) is 8.99. The van der Waals surface area contributed by atoms with Crippen LogP contribution >= 0.6 is 11.8 Å². The number of rotatable bonds is 6. The smallest absolute Gasteiger partial charge is 0.178 e. The van der Waals surface area contributed by atoms with E-state index in [-0.39, 0.29) is 5.56 Å². The lowest BCUT2D eigenvalue weighted by atomic mass is 10.0. The van der Waals surface area contributed by atoms with Crippen LogP contribution in [0.15, 0.2) is 72.5 Å². The predicted octanol–water partition coefficient (Wildman–Crippen LogP) is 3.39. The zero-order valence-electron chi connectivity index (χ0n) is 15.1. The number of benzene rings is 1. The summed E-state index contributed by atoms with van der Waals surface area (Å²) < 4.78 is 16.5. The zero-order chi connectivity index (χ0) is 19.4. The molecule has 1 aliphatic rings. The van der Waals surface area contributed by atoms with Crippen LogP contribution in [0.5, 0.6) is 0 Å². The van der Waals surface area contributed by atoms with Gasteiger partial charge in [-0.1, -0.05) is 30.0 Å². The van der Waals surface area contributed by atoms with Crippen molar-refractivity contribution < 1.29 is 9.50 Å². The van der Waals surface area contributed by atoms with Crippen LogP contribution in [0.25, 0.3) is 0 Å². The SMILES string of the molecule is OC1(c2ccccc2F)CSC(=Nc2cccnc2)N1CCCn1ccnc1. The third-order valence-electron chi connectivity index (χ3n) is 4.61. The summed E-state index contributed by atoms with van der Waals surface area (Å²) in [6, 6.07) is 10.0. The van der Waals surface area contributed by atoms with E-state index >= 15 is 0 Å². The van der Waals surface area contributed by atoms with E-state index in [0.717, 1.165) is 13.0 Å². The molecule has 1 atom stereocenters. The summed E-state index contributed by atoms with van der Waals surface area (Å²) >= 11 is 1.42. The van der Waals surface area contributed by atoms with Gasteiger partial charge in [-0.25, -0.2) is 14.4 Å². The fourth-order valence-corrected chi connectivity index (χ4v) is 4.43. The number of imidazole rings is 1. The molecule has 1 aromatic carbocycles. The second-order valence-electron chi connectivity index (χ2n) is 6.50. The van der Waals surface area contributed by atoms with E-state index in [1.54, 1.807) is 48.0 Å². The molecule has 1 aliphatic heterocycles. The minimum Gasteiger partial charge on any atom is -0.366 e. The third-order valence-corrected chi connectivity index (χ3v) is 5.73. The first-order chi connectivity index (χ1) is 13.7. The van der Waals surface area contributed by atoms with Gasteiger partial charge in [-0.05, 0) is 24.6 Å². The van der Waals surface area contributed by atoms with Crippen LogP contribution in [0.2, 0.25) is 0 Å². The number of halogens is 1. The molecule has 3 heterocycles. The van der Waals surface area contributed by atoms with Crippen LogP contribution in [0.3, 0.4) is 0 Å². The molecule has 28 heavy (non-hydrogen) atoms. The lowest BCUT2D eigenvalue weighted by Crippen LogP contribution is -2.46. The molecule has 2 aromatic heterocycles. The van der Waals surface area contributed by atoms with Gasteiger partial charge in [-0.15, -0.1) is 0 Å². The van der Waals surface area contributed by atoms with Gasteiger partial charge in [0.25, 0.3) is 0 Å². The standard InChI is InChI=1S/C20H20FN5OS/c21-18-7-2-1-6-17(18)20(27)14-28-19(24-16-5-3-8-22-13-16)26(20)11-4-10-25-12-9-23-15-25/h1-3,5-9,12-13,15,27H,4,10-11,14H2. The van der Waals surface area contributed by atoms with Gasteiger partial charge in [-0.3, -0.25) is 4.98 Å². The summed E-state index contributed by atoms with van der Waals surface area (Å²) in [6.45, 7) is 1.27. The summed E-state index contributed by atoms with van der Waals surface area (Å²) in [5.74, 6) is -0.120. The molecule has 0 bridgehead atoms. The largest absolute Gasteiger partial charge is 0.366 e. The molecule has 0 radical (unpaired) electrons. The Morgan fingerprint density at radius 3 is 2.79 bits per heavy atom. The van der Waals surface area contributed by atoms with Gasteiger partial charge in [0.05, 0.1) is 24.0 Å². The van der Waals surface area contributed by atoms with Crippen LogP contribution in [0.1, 0.15) is 12.0 Å². The first-order valence-corrected chi connectivity index (χ1v) is 9.98. The summed E-state index contributed by atoms with van der Waals surface area (Å²) in [5.41, 5.74) is -0.490. The second kappa shape index (κ2) is 8.12. The highest BCUT2D eigenvalue weighted by Gasteiger charge is 2.46.